The molecule has 1 aromatic heterocycles. The summed E-state index contributed by atoms with van der Waals surface area (Å²) in [5.74, 6) is 0.515. The van der Waals surface area contributed by atoms with Crippen LogP contribution in [0, 0.1) is 0 Å². The van der Waals surface area contributed by atoms with Crippen LogP contribution < -0.4 is 5.73 Å². The molecule has 66 valence electrons. The molecule has 2 heterocycles. The molecule has 0 aliphatic carbocycles. The van der Waals surface area contributed by atoms with Crippen molar-refractivity contribution in [2.75, 3.05) is 13.2 Å². The first-order chi connectivity index (χ1) is 5.90. The Labute approximate surface area is 75.6 Å². The lowest BCUT2D eigenvalue weighted by molar-refractivity contribution is 0.193. The van der Waals surface area contributed by atoms with Crippen molar-refractivity contribution in [3.63, 3.8) is 0 Å². The molecule has 1 aliphatic heterocycles. The van der Waals surface area contributed by atoms with Crippen molar-refractivity contribution in [1.29, 1.82) is 0 Å². The van der Waals surface area contributed by atoms with Gasteiger partial charge in [-0.05, 0) is 6.42 Å². The highest BCUT2D eigenvalue weighted by Gasteiger charge is 2.19. The maximum atomic E-state index is 5.48. The molecule has 0 amide bonds. The molecule has 0 bridgehead atoms. The highest BCUT2D eigenvalue weighted by molar-refractivity contribution is 7.09. The number of hydrogen-bond donors (Lipinski definition) is 1. The predicted molar refractivity (Wildman–Crippen MR) is 48.2 cm³/mol. The zero-order valence-corrected chi connectivity index (χ0v) is 7.64. The van der Waals surface area contributed by atoms with E-state index in [0.717, 1.165) is 30.3 Å². The molecule has 1 unspecified atom stereocenters. The van der Waals surface area contributed by atoms with Gasteiger partial charge < -0.3 is 10.5 Å². The van der Waals surface area contributed by atoms with Gasteiger partial charge in [0.1, 0.15) is 5.01 Å². The van der Waals surface area contributed by atoms with Crippen molar-refractivity contribution in [3.05, 3.63) is 16.1 Å². The molecular weight excluding hydrogens is 172 g/mol. The number of rotatable bonds is 2. The van der Waals surface area contributed by atoms with Gasteiger partial charge in [-0.3, -0.25) is 0 Å². The molecule has 12 heavy (non-hydrogen) atoms. The predicted octanol–water partition coefficient (Wildman–Crippen LogP) is 1.11. The second-order valence-electron chi connectivity index (χ2n) is 2.93. The normalized spacial score (nSPS) is 23.2. The standard InChI is InChI=1S/C8H12N2OS/c9-3-8-10-7(5-12-8)6-1-2-11-4-6/h5-6H,1-4,9H2. The van der Waals surface area contributed by atoms with E-state index in [1.807, 2.05) is 0 Å². The summed E-state index contributed by atoms with van der Waals surface area (Å²) in [5.41, 5.74) is 6.64. The van der Waals surface area contributed by atoms with Gasteiger partial charge in [0.05, 0.1) is 12.3 Å². The Balaban J connectivity index is 2.11. The Kier molecular flexibility index (Phi) is 2.39. The first-order valence-electron chi connectivity index (χ1n) is 4.12. The molecule has 1 aromatic rings. The maximum absolute atomic E-state index is 5.48. The molecule has 0 radical (unpaired) electrons. The molecule has 1 aliphatic rings. The summed E-state index contributed by atoms with van der Waals surface area (Å²) >= 11 is 1.64. The fraction of sp³-hybridized carbons (Fsp3) is 0.625. The van der Waals surface area contributed by atoms with E-state index in [4.69, 9.17) is 10.5 Å². The molecule has 2 N–H and O–H groups in total. The molecular formula is C8H12N2OS. The fourth-order valence-corrected chi connectivity index (χ4v) is 2.13. The lowest BCUT2D eigenvalue weighted by atomic mass is 10.1. The summed E-state index contributed by atoms with van der Waals surface area (Å²) in [6.45, 7) is 2.26. The molecule has 2 rings (SSSR count). The van der Waals surface area contributed by atoms with Crippen molar-refractivity contribution in [2.24, 2.45) is 5.73 Å². The van der Waals surface area contributed by atoms with E-state index in [-0.39, 0.29) is 0 Å². The first-order valence-corrected chi connectivity index (χ1v) is 5.00. The van der Waals surface area contributed by atoms with Gasteiger partial charge in [0.2, 0.25) is 0 Å². The molecule has 0 spiro atoms. The minimum atomic E-state index is 0.515. The van der Waals surface area contributed by atoms with Gasteiger partial charge in [0.15, 0.2) is 0 Å². The van der Waals surface area contributed by atoms with Crippen molar-refractivity contribution >= 4 is 11.3 Å². The first kappa shape index (κ1) is 8.16. The molecule has 0 aromatic carbocycles. The van der Waals surface area contributed by atoms with E-state index in [2.05, 4.69) is 10.4 Å². The van der Waals surface area contributed by atoms with Crippen LogP contribution >= 0.6 is 11.3 Å². The number of aromatic nitrogens is 1. The smallest absolute Gasteiger partial charge is 0.106 e. The van der Waals surface area contributed by atoms with E-state index in [1.165, 1.54) is 0 Å². The molecule has 1 atom stereocenters. The van der Waals surface area contributed by atoms with E-state index in [9.17, 15) is 0 Å². The summed E-state index contributed by atoms with van der Waals surface area (Å²) in [6, 6.07) is 0. The highest BCUT2D eigenvalue weighted by atomic mass is 32.1. The van der Waals surface area contributed by atoms with Crippen molar-refractivity contribution < 1.29 is 4.74 Å². The Morgan fingerprint density at radius 1 is 1.75 bits per heavy atom. The van der Waals surface area contributed by atoms with Crippen LogP contribution in [0.1, 0.15) is 23.0 Å². The molecule has 0 saturated carbocycles. The van der Waals surface area contributed by atoms with Gasteiger partial charge in [-0.15, -0.1) is 11.3 Å². The van der Waals surface area contributed by atoms with E-state index < -0.39 is 0 Å². The molecule has 4 heteroatoms. The monoisotopic (exact) mass is 184 g/mol. The van der Waals surface area contributed by atoms with Gasteiger partial charge in [0, 0.05) is 24.4 Å². The Bertz CT molecular complexity index is 255. The SMILES string of the molecule is NCc1nc(C2CCOC2)cs1. The molecule has 1 saturated heterocycles. The van der Waals surface area contributed by atoms with E-state index in [0.29, 0.717) is 12.5 Å². The molecule has 3 nitrogen and oxygen atoms in total. The van der Waals surface area contributed by atoms with E-state index >= 15 is 0 Å². The van der Waals surface area contributed by atoms with Gasteiger partial charge in [0.25, 0.3) is 0 Å². The summed E-state index contributed by atoms with van der Waals surface area (Å²) in [5, 5.41) is 3.12. The van der Waals surface area contributed by atoms with Crippen LogP contribution in [0.4, 0.5) is 0 Å². The van der Waals surface area contributed by atoms with Crippen LogP contribution in [0.3, 0.4) is 0 Å². The summed E-state index contributed by atoms with van der Waals surface area (Å²) in [6.07, 6.45) is 1.10. The highest BCUT2D eigenvalue weighted by Crippen LogP contribution is 2.25. The Morgan fingerprint density at radius 3 is 3.25 bits per heavy atom. The largest absolute Gasteiger partial charge is 0.381 e. The minimum Gasteiger partial charge on any atom is -0.381 e. The van der Waals surface area contributed by atoms with Crippen LogP contribution in [0.5, 0.6) is 0 Å². The number of thiazole rings is 1. The molecule has 1 fully saturated rings. The number of nitrogens with two attached hydrogens (primary N) is 1. The summed E-state index contributed by atoms with van der Waals surface area (Å²) in [4.78, 5) is 4.42. The average molecular weight is 184 g/mol. The Hall–Kier alpha value is -0.450. The van der Waals surface area contributed by atoms with Gasteiger partial charge >= 0.3 is 0 Å². The lowest BCUT2D eigenvalue weighted by Crippen LogP contribution is -2.00. The maximum Gasteiger partial charge on any atom is 0.106 e. The van der Waals surface area contributed by atoms with Gasteiger partial charge in [-0.25, -0.2) is 4.98 Å². The van der Waals surface area contributed by atoms with E-state index in [1.54, 1.807) is 11.3 Å². The van der Waals surface area contributed by atoms with Crippen LogP contribution in [-0.4, -0.2) is 18.2 Å². The number of nitrogens with zero attached hydrogens (tertiary/aromatic N) is 1. The zero-order valence-electron chi connectivity index (χ0n) is 6.82. The Morgan fingerprint density at radius 2 is 2.67 bits per heavy atom. The van der Waals surface area contributed by atoms with Crippen molar-refractivity contribution in [2.45, 2.75) is 18.9 Å². The summed E-state index contributed by atoms with van der Waals surface area (Å²) in [7, 11) is 0. The van der Waals surface area contributed by atoms with Crippen molar-refractivity contribution in [3.8, 4) is 0 Å². The van der Waals surface area contributed by atoms with Crippen molar-refractivity contribution in [1.82, 2.24) is 4.98 Å². The topological polar surface area (TPSA) is 48.1 Å². The third-order valence-corrected chi connectivity index (χ3v) is 2.98. The second kappa shape index (κ2) is 3.51. The lowest BCUT2D eigenvalue weighted by Gasteiger charge is -2.00. The van der Waals surface area contributed by atoms with Crippen LogP contribution in [0.2, 0.25) is 0 Å². The van der Waals surface area contributed by atoms with Gasteiger partial charge in [-0.2, -0.15) is 0 Å². The zero-order chi connectivity index (χ0) is 8.39. The second-order valence-corrected chi connectivity index (χ2v) is 3.87. The van der Waals surface area contributed by atoms with Crippen LogP contribution in [0.15, 0.2) is 5.38 Å². The average Bonchev–Trinajstić information content (AvgIpc) is 2.75. The van der Waals surface area contributed by atoms with Crippen LogP contribution in [0.25, 0.3) is 0 Å². The van der Waals surface area contributed by atoms with Gasteiger partial charge in [-0.1, -0.05) is 0 Å². The third kappa shape index (κ3) is 1.50. The fourth-order valence-electron chi connectivity index (χ4n) is 1.37. The quantitative estimate of drug-likeness (QED) is 0.749. The third-order valence-electron chi connectivity index (χ3n) is 2.09. The number of hydrogen-bond acceptors (Lipinski definition) is 4. The number of ether oxygens (including phenoxy) is 1. The minimum absolute atomic E-state index is 0.515. The summed E-state index contributed by atoms with van der Waals surface area (Å²) < 4.78 is 5.29. The van der Waals surface area contributed by atoms with Crippen LogP contribution in [-0.2, 0) is 11.3 Å².